The van der Waals surface area contributed by atoms with Crippen molar-refractivity contribution in [2.45, 2.75) is 13.0 Å². The standard InChI is InChI=1S/C11H13N3O4S/c1-6(5-18-2)12-8(15)7-9(16)13-11-14(10(7)17)3-4-19-11/h3-4,6,16H,5H2,1-2H3,(H,12,15)/t6-/m1/s1. The Morgan fingerprint density at radius 2 is 2.42 bits per heavy atom. The molecular weight excluding hydrogens is 270 g/mol. The van der Waals surface area contributed by atoms with Gasteiger partial charge in [0.15, 0.2) is 10.5 Å². The fraction of sp³-hybridized carbons (Fsp3) is 0.364. The van der Waals surface area contributed by atoms with E-state index in [2.05, 4.69) is 10.3 Å². The molecule has 1 amide bonds. The predicted octanol–water partition coefficient (Wildman–Crippen LogP) is 0.226. The van der Waals surface area contributed by atoms with E-state index in [-0.39, 0.29) is 11.6 Å². The number of hydrogen-bond donors (Lipinski definition) is 2. The van der Waals surface area contributed by atoms with Crippen molar-refractivity contribution in [2.75, 3.05) is 13.7 Å². The molecule has 7 nitrogen and oxygen atoms in total. The summed E-state index contributed by atoms with van der Waals surface area (Å²) in [6.07, 6.45) is 1.50. The van der Waals surface area contributed by atoms with E-state index >= 15 is 0 Å². The van der Waals surface area contributed by atoms with Crippen LogP contribution in [0, 0.1) is 0 Å². The minimum Gasteiger partial charge on any atom is -0.492 e. The quantitative estimate of drug-likeness (QED) is 0.837. The zero-order chi connectivity index (χ0) is 14.0. The van der Waals surface area contributed by atoms with Gasteiger partial charge in [0.25, 0.3) is 11.5 Å². The molecule has 0 saturated heterocycles. The normalized spacial score (nSPS) is 12.5. The third kappa shape index (κ3) is 2.59. The van der Waals surface area contributed by atoms with Gasteiger partial charge in [0.05, 0.1) is 6.61 Å². The summed E-state index contributed by atoms with van der Waals surface area (Å²) in [6, 6.07) is -0.278. The molecule has 0 aliphatic heterocycles. The lowest BCUT2D eigenvalue weighted by Gasteiger charge is -2.12. The summed E-state index contributed by atoms with van der Waals surface area (Å²) in [5, 5.41) is 13.9. The summed E-state index contributed by atoms with van der Waals surface area (Å²) in [6.45, 7) is 2.04. The molecule has 0 radical (unpaired) electrons. The number of carbonyl (C=O) groups is 1. The van der Waals surface area contributed by atoms with Crippen LogP contribution in [0.5, 0.6) is 5.88 Å². The number of nitrogens with one attached hydrogen (secondary N) is 1. The smallest absolute Gasteiger partial charge is 0.275 e. The van der Waals surface area contributed by atoms with Gasteiger partial charge in [0.1, 0.15) is 0 Å². The Balaban J connectivity index is 2.39. The second-order valence-electron chi connectivity index (χ2n) is 4.00. The second-order valence-corrected chi connectivity index (χ2v) is 4.87. The van der Waals surface area contributed by atoms with E-state index in [9.17, 15) is 14.7 Å². The molecule has 0 bridgehead atoms. The molecule has 1 atom stereocenters. The van der Waals surface area contributed by atoms with Crippen LogP contribution in [-0.4, -0.2) is 40.2 Å². The lowest BCUT2D eigenvalue weighted by molar-refractivity contribution is 0.0900. The molecule has 2 heterocycles. The van der Waals surface area contributed by atoms with Gasteiger partial charge < -0.3 is 15.2 Å². The Morgan fingerprint density at radius 3 is 3.11 bits per heavy atom. The highest BCUT2D eigenvalue weighted by Crippen LogP contribution is 2.14. The predicted molar refractivity (Wildman–Crippen MR) is 69.8 cm³/mol. The molecule has 2 aromatic heterocycles. The monoisotopic (exact) mass is 283 g/mol. The first kappa shape index (κ1) is 13.5. The first-order valence-corrected chi connectivity index (χ1v) is 6.41. The molecule has 0 fully saturated rings. The van der Waals surface area contributed by atoms with Crippen LogP contribution < -0.4 is 10.9 Å². The van der Waals surface area contributed by atoms with Crippen LogP contribution in [-0.2, 0) is 4.74 Å². The lowest BCUT2D eigenvalue weighted by atomic mass is 10.2. The average molecular weight is 283 g/mol. The van der Waals surface area contributed by atoms with Gasteiger partial charge >= 0.3 is 0 Å². The van der Waals surface area contributed by atoms with Crippen molar-refractivity contribution < 1.29 is 14.6 Å². The number of amides is 1. The number of methoxy groups -OCH3 is 1. The van der Waals surface area contributed by atoms with Gasteiger partial charge in [-0.2, -0.15) is 4.98 Å². The minimum absolute atomic E-state index is 0.278. The van der Waals surface area contributed by atoms with Crippen LogP contribution in [0.2, 0.25) is 0 Å². The molecule has 0 aliphatic rings. The number of ether oxygens (including phenoxy) is 1. The van der Waals surface area contributed by atoms with Gasteiger partial charge in [0, 0.05) is 24.7 Å². The van der Waals surface area contributed by atoms with Crippen LogP contribution in [0.15, 0.2) is 16.4 Å². The van der Waals surface area contributed by atoms with Crippen molar-refractivity contribution in [1.82, 2.24) is 14.7 Å². The van der Waals surface area contributed by atoms with Crippen molar-refractivity contribution in [3.05, 3.63) is 27.5 Å². The highest BCUT2D eigenvalue weighted by atomic mass is 32.1. The Bertz CT molecular complexity index is 663. The summed E-state index contributed by atoms with van der Waals surface area (Å²) in [7, 11) is 1.51. The third-order valence-corrected chi connectivity index (χ3v) is 3.23. The molecule has 0 unspecified atom stereocenters. The zero-order valence-corrected chi connectivity index (χ0v) is 11.2. The van der Waals surface area contributed by atoms with Crippen LogP contribution in [0.25, 0.3) is 4.96 Å². The highest BCUT2D eigenvalue weighted by Gasteiger charge is 2.21. The summed E-state index contributed by atoms with van der Waals surface area (Å²) >= 11 is 1.20. The van der Waals surface area contributed by atoms with E-state index in [0.717, 1.165) is 0 Å². The molecule has 102 valence electrons. The van der Waals surface area contributed by atoms with Crippen molar-refractivity contribution in [3.63, 3.8) is 0 Å². The number of aromatic hydroxyl groups is 1. The number of hydrogen-bond acceptors (Lipinski definition) is 6. The molecule has 2 aromatic rings. The van der Waals surface area contributed by atoms with E-state index < -0.39 is 17.3 Å². The van der Waals surface area contributed by atoms with Gasteiger partial charge in [-0.1, -0.05) is 0 Å². The number of aromatic nitrogens is 2. The Hall–Kier alpha value is -1.93. The SMILES string of the molecule is COC[C@@H](C)NC(=O)c1c(O)nc2sccn2c1=O. The fourth-order valence-electron chi connectivity index (χ4n) is 1.66. The largest absolute Gasteiger partial charge is 0.492 e. The van der Waals surface area contributed by atoms with Gasteiger partial charge in [-0.15, -0.1) is 11.3 Å². The third-order valence-electron chi connectivity index (χ3n) is 2.47. The number of fused-ring (bicyclic) bond motifs is 1. The average Bonchev–Trinajstić information content (AvgIpc) is 2.77. The summed E-state index contributed by atoms with van der Waals surface area (Å²) in [5.74, 6) is -1.23. The van der Waals surface area contributed by atoms with Crippen molar-refractivity contribution >= 4 is 22.2 Å². The van der Waals surface area contributed by atoms with E-state index in [1.807, 2.05) is 0 Å². The van der Waals surface area contributed by atoms with Crippen LogP contribution in [0.1, 0.15) is 17.3 Å². The summed E-state index contributed by atoms with van der Waals surface area (Å²) in [5.41, 5.74) is -0.954. The Labute approximate surface area is 112 Å². The van der Waals surface area contributed by atoms with Gasteiger partial charge in [-0.25, -0.2) is 0 Å². The summed E-state index contributed by atoms with van der Waals surface area (Å²) in [4.78, 5) is 28.2. The number of thiazole rings is 1. The molecule has 8 heteroatoms. The fourth-order valence-corrected chi connectivity index (χ4v) is 2.36. The number of nitrogens with zero attached hydrogens (tertiary/aromatic N) is 2. The molecule has 0 saturated carbocycles. The zero-order valence-electron chi connectivity index (χ0n) is 10.4. The van der Waals surface area contributed by atoms with Crippen LogP contribution in [0.4, 0.5) is 0 Å². The molecule has 2 N–H and O–H groups in total. The van der Waals surface area contributed by atoms with Gasteiger partial charge in [-0.05, 0) is 6.92 Å². The molecule has 19 heavy (non-hydrogen) atoms. The molecule has 2 rings (SSSR count). The van der Waals surface area contributed by atoms with E-state index in [4.69, 9.17) is 4.74 Å². The van der Waals surface area contributed by atoms with Crippen molar-refractivity contribution in [1.29, 1.82) is 0 Å². The maximum atomic E-state index is 12.1. The summed E-state index contributed by atoms with van der Waals surface area (Å²) < 4.78 is 6.11. The van der Waals surface area contributed by atoms with Crippen LogP contribution in [0.3, 0.4) is 0 Å². The second kappa shape index (κ2) is 5.37. The Morgan fingerprint density at radius 1 is 1.68 bits per heavy atom. The highest BCUT2D eigenvalue weighted by molar-refractivity contribution is 7.15. The molecule has 0 aromatic carbocycles. The van der Waals surface area contributed by atoms with E-state index in [1.54, 1.807) is 12.3 Å². The maximum absolute atomic E-state index is 12.1. The molecular formula is C11H13N3O4S. The Kier molecular flexibility index (Phi) is 3.82. The minimum atomic E-state index is -0.667. The molecule has 0 aliphatic carbocycles. The van der Waals surface area contributed by atoms with Gasteiger partial charge in [0.2, 0.25) is 5.88 Å². The van der Waals surface area contributed by atoms with Crippen LogP contribution >= 0.6 is 11.3 Å². The number of carbonyl (C=O) groups excluding carboxylic acids is 1. The molecule has 0 spiro atoms. The maximum Gasteiger partial charge on any atom is 0.275 e. The van der Waals surface area contributed by atoms with Crippen molar-refractivity contribution in [2.24, 2.45) is 0 Å². The topological polar surface area (TPSA) is 92.9 Å². The first-order chi connectivity index (χ1) is 9.04. The van der Waals surface area contributed by atoms with E-state index in [1.165, 1.54) is 29.0 Å². The van der Waals surface area contributed by atoms with E-state index in [0.29, 0.717) is 11.6 Å². The first-order valence-electron chi connectivity index (χ1n) is 5.53. The van der Waals surface area contributed by atoms with Gasteiger partial charge in [-0.3, -0.25) is 14.0 Å². The number of rotatable bonds is 4. The van der Waals surface area contributed by atoms with Crippen molar-refractivity contribution in [3.8, 4) is 5.88 Å². The lowest BCUT2D eigenvalue weighted by Crippen LogP contribution is -2.39.